The van der Waals surface area contributed by atoms with E-state index in [1.54, 1.807) is 6.07 Å². The molecule has 0 spiro atoms. The Morgan fingerprint density at radius 3 is 1.31 bits per heavy atom. The number of phenolic OH excluding ortho intramolecular Hbond substituents is 7. The molecule has 0 aliphatic rings. The van der Waals surface area contributed by atoms with Crippen LogP contribution in [0.15, 0.2) is 78.9 Å². The minimum absolute atomic E-state index is 0.0855. The summed E-state index contributed by atoms with van der Waals surface area (Å²) in [7, 11) is 0. The van der Waals surface area contributed by atoms with Crippen molar-refractivity contribution >= 4 is 0 Å². The first-order valence-electron chi connectivity index (χ1n) is 22.3. The Balaban J connectivity index is 1.27. The largest absolute Gasteiger partial charge is 0.508 e. The van der Waals surface area contributed by atoms with Gasteiger partial charge in [-0.05, 0) is 171 Å². The van der Waals surface area contributed by atoms with Crippen LogP contribution >= 0.6 is 0 Å². The van der Waals surface area contributed by atoms with Crippen LogP contribution in [-0.4, -0.2) is 35.7 Å². The molecule has 7 nitrogen and oxygen atoms in total. The number of phenols is 7. The molecule has 0 bridgehead atoms. The van der Waals surface area contributed by atoms with E-state index in [9.17, 15) is 35.7 Å². The Morgan fingerprint density at radius 1 is 0.277 bits per heavy atom. The Hall–Kier alpha value is -6.86. The molecule has 0 aliphatic carbocycles. The summed E-state index contributed by atoms with van der Waals surface area (Å²) in [6.45, 7) is 19.3. The second-order valence-electron chi connectivity index (χ2n) is 18.5. The van der Waals surface area contributed by atoms with E-state index in [4.69, 9.17) is 0 Å². The van der Waals surface area contributed by atoms with Crippen molar-refractivity contribution in [3.63, 3.8) is 0 Å². The van der Waals surface area contributed by atoms with Crippen LogP contribution in [0.2, 0.25) is 0 Å². The van der Waals surface area contributed by atoms with Crippen molar-refractivity contribution in [1.82, 2.24) is 0 Å². The summed E-state index contributed by atoms with van der Waals surface area (Å²) in [5, 5.41) is 80.5. The minimum atomic E-state index is 0.0855. The summed E-state index contributed by atoms with van der Waals surface area (Å²) in [5.74, 6) is 1.09. The second kappa shape index (κ2) is 18.3. The number of hydrogen-bond acceptors (Lipinski definition) is 7. The number of hydrogen-bond donors (Lipinski definition) is 7. The van der Waals surface area contributed by atoms with E-state index in [0.717, 1.165) is 83.5 Å². The normalized spacial score (nSPS) is 11.4. The van der Waals surface area contributed by atoms with Crippen molar-refractivity contribution < 1.29 is 35.7 Å². The third-order valence-electron chi connectivity index (χ3n) is 13.8. The molecule has 0 heterocycles. The van der Waals surface area contributed by atoms with Crippen LogP contribution in [0.25, 0.3) is 0 Å². The summed E-state index contributed by atoms with van der Waals surface area (Å²) in [4.78, 5) is 0. The van der Waals surface area contributed by atoms with Crippen LogP contribution in [0.5, 0.6) is 40.2 Å². The summed E-state index contributed by atoms with van der Waals surface area (Å²) in [5.41, 5.74) is 17.4. The van der Waals surface area contributed by atoms with Crippen LogP contribution in [0.4, 0.5) is 0 Å². The number of aryl methyl sites for hydroxylation is 8. The minimum Gasteiger partial charge on any atom is -0.508 e. The average Bonchev–Trinajstić information content (AvgIpc) is 3.25. The maximum Gasteiger partial charge on any atom is 0.122 e. The fourth-order valence-corrected chi connectivity index (χ4v) is 9.43. The lowest BCUT2D eigenvalue weighted by molar-refractivity contribution is 0.451. The molecule has 0 unspecified atom stereocenters. The number of rotatable bonds is 12. The van der Waals surface area contributed by atoms with Gasteiger partial charge in [0.05, 0.1) is 0 Å². The molecule has 0 fully saturated rings. The Kier molecular flexibility index (Phi) is 13.0. The van der Waals surface area contributed by atoms with Gasteiger partial charge in [-0.15, -0.1) is 0 Å². The molecule has 0 aliphatic heterocycles. The molecule has 0 saturated carbocycles. The van der Waals surface area contributed by atoms with Gasteiger partial charge in [0.15, 0.2) is 0 Å². The van der Waals surface area contributed by atoms with Gasteiger partial charge in [-0.25, -0.2) is 0 Å². The lowest BCUT2D eigenvalue weighted by Gasteiger charge is -2.21. The maximum absolute atomic E-state index is 12.2. The van der Waals surface area contributed by atoms with Crippen LogP contribution in [-0.2, 0) is 38.5 Å². The summed E-state index contributed by atoms with van der Waals surface area (Å²) in [6.07, 6.45) is 1.90. The van der Waals surface area contributed by atoms with E-state index in [0.29, 0.717) is 58.2 Å². The monoisotopic (exact) mass is 870 g/mol. The second-order valence-corrected chi connectivity index (χ2v) is 18.5. The van der Waals surface area contributed by atoms with Crippen molar-refractivity contribution in [2.45, 2.75) is 108 Å². The first kappa shape index (κ1) is 46.1. The van der Waals surface area contributed by atoms with Crippen molar-refractivity contribution in [3.05, 3.63) is 201 Å². The van der Waals surface area contributed by atoms with Gasteiger partial charge in [-0.1, -0.05) is 78.4 Å². The van der Waals surface area contributed by atoms with Gasteiger partial charge in [-0.3, -0.25) is 0 Å². The predicted molar refractivity (Wildman–Crippen MR) is 261 cm³/mol. The van der Waals surface area contributed by atoms with E-state index in [1.807, 2.05) is 136 Å². The van der Waals surface area contributed by atoms with E-state index in [-0.39, 0.29) is 59.5 Å². The summed E-state index contributed by atoms with van der Waals surface area (Å²) >= 11 is 0. The fourth-order valence-electron chi connectivity index (χ4n) is 9.43. The summed E-state index contributed by atoms with van der Waals surface area (Å²) < 4.78 is 0. The molecule has 0 amide bonds. The van der Waals surface area contributed by atoms with Gasteiger partial charge >= 0.3 is 0 Å². The highest BCUT2D eigenvalue weighted by Gasteiger charge is 2.23. The summed E-state index contributed by atoms with van der Waals surface area (Å²) in [6, 6.07) is 25.1. The molecule has 0 radical (unpaired) electrons. The standard InChI is InChI=1S/C58H62O7/c1-30-19-37(8)53(60)45(20-30)29-51-39(10)44(22-40-21-36(7)47(52(59)23-40)25-41-16-13-31(2)38(9)55(41)62)24-46(58(51)65)28-50-34(5)15-18-43(57(50)64)27-49-33(4)14-17-42(56(49)63)26-48-32(3)11-12-35(6)54(48)61/h11-21,23-24,59-65H,22,25-29H2,1-10H3. The zero-order chi connectivity index (χ0) is 47.2. The van der Waals surface area contributed by atoms with E-state index in [2.05, 4.69) is 6.07 Å². The van der Waals surface area contributed by atoms with Gasteiger partial charge in [0, 0.05) is 59.9 Å². The zero-order valence-electron chi connectivity index (χ0n) is 39.4. The van der Waals surface area contributed by atoms with Crippen LogP contribution in [0.1, 0.15) is 122 Å². The SMILES string of the molecule is Cc1cc(C)c(O)c(Cc2c(C)c(Cc3cc(C)c(Cc4ccc(C)c(C)c4O)c(O)c3)cc(Cc3c(C)ccc(Cc4c(C)ccc(Cc5c(C)ccc(C)c5O)c4O)c3O)c2O)c1. The molecule has 7 heteroatoms. The highest BCUT2D eigenvalue weighted by molar-refractivity contribution is 5.60. The van der Waals surface area contributed by atoms with Gasteiger partial charge < -0.3 is 35.7 Å². The first-order valence-corrected chi connectivity index (χ1v) is 22.3. The quantitative estimate of drug-likeness (QED) is 0.0648. The molecule has 0 saturated heterocycles. The highest BCUT2D eigenvalue weighted by Crippen LogP contribution is 2.41. The zero-order valence-corrected chi connectivity index (χ0v) is 39.4. The smallest absolute Gasteiger partial charge is 0.122 e. The lowest BCUT2D eigenvalue weighted by atomic mass is 9.85. The van der Waals surface area contributed by atoms with Gasteiger partial charge in [0.2, 0.25) is 0 Å². The predicted octanol–water partition coefficient (Wildman–Crippen LogP) is 12.3. The first-order chi connectivity index (χ1) is 30.7. The number of benzene rings is 7. The third-order valence-corrected chi connectivity index (χ3v) is 13.8. The van der Waals surface area contributed by atoms with Crippen molar-refractivity contribution in [1.29, 1.82) is 0 Å². The van der Waals surface area contributed by atoms with Gasteiger partial charge in [-0.2, -0.15) is 0 Å². The van der Waals surface area contributed by atoms with Gasteiger partial charge in [0.1, 0.15) is 40.2 Å². The molecule has 7 aromatic rings. The molecular weight excluding hydrogens is 809 g/mol. The third kappa shape index (κ3) is 9.24. The molecule has 65 heavy (non-hydrogen) atoms. The Bertz CT molecular complexity index is 2990. The molecule has 0 atom stereocenters. The average molecular weight is 871 g/mol. The van der Waals surface area contributed by atoms with Gasteiger partial charge in [0.25, 0.3) is 0 Å². The van der Waals surface area contributed by atoms with E-state index < -0.39 is 0 Å². The molecule has 7 aromatic carbocycles. The highest BCUT2D eigenvalue weighted by atomic mass is 16.3. The topological polar surface area (TPSA) is 142 Å². The molecule has 7 N–H and O–H groups in total. The fraction of sp³-hybridized carbons (Fsp3) is 0.276. The lowest BCUT2D eigenvalue weighted by Crippen LogP contribution is -2.06. The van der Waals surface area contributed by atoms with E-state index in [1.165, 1.54) is 0 Å². The van der Waals surface area contributed by atoms with Crippen LogP contribution in [0.3, 0.4) is 0 Å². The van der Waals surface area contributed by atoms with E-state index >= 15 is 0 Å². The molecule has 7 rings (SSSR count). The van der Waals surface area contributed by atoms with Crippen molar-refractivity contribution in [2.75, 3.05) is 0 Å². The van der Waals surface area contributed by atoms with Crippen LogP contribution in [0, 0.1) is 69.2 Å². The molecular formula is C58H62O7. The Morgan fingerprint density at radius 2 is 0.723 bits per heavy atom. The van der Waals surface area contributed by atoms with Crippen molar-refractivity contribution in [2.24, 2.45) is 0 Å². The molecule has 0 aromatic heterocycles. The maximum atomic E-state index is 12.2. The molecule has 336 valence electrons. The van der Waals surface area contributed by atoms with Crippen molar-refractivity contribution in [3.8, 4) is 40.2 Å². The Labute approximate surface area is 383 Å². The number of aromatic hydroxyl groups is 7. The van der Waals surface area contributed by atoms with Crippen LogP contribution < -0.4 is 0 Å².